The van der Waals surface area contributed by atoms with Crippen LogP contribution < -0.4 is 0 Å². The predicted molar refractivity (Wildman–Crippen MR) is 44.0 cm³/mol. The highest BCUT2D eigenvalue weighted by molar-refractivity contribution is 5.49. The van der Waals surface area contributed by atoms with Crippen LogP contribution in [0.25, 0.3) is 0 Å². The van der Waals surface area contributed by atoms with Crippen LogP contribution in [-0.2, 0) is 4.79 Å². The van der Waals surface area contributed by atoms with E-state index in [0.717, 1.165) is 19.1 Å². The topological polar surface area (TPSA) is 17.1 Å². The van der Waals surface area contributed by atoms with Gasteiger partial charge in [0.1, 0.15) is 6.29 Å². The van der Waals surface area contributed by atoms with E-state index in [2.05, 4.69) is 19.9 Å². The van der Waals surface area contributed by atoms with Gasteiger partial charge in [0.05, 0.1) is 0 Å². The third-order valence-electron chi connectivity index (χ3n) is 1.44. The van der Waals surface area contributed by atoms with Crippen LogP contribution in [0.3, 0.4) is 0 Å². The first-order chi connectivity index (χ1) is 4.81. The number of aldehydes is 1. The fourth-order valence-corrected chi connectivity index (χ4v) is 0.779. The Labute approximate surface area is 63.1 Å². The molecule has 0 spiro atoms. The number of hydrogen-bond acceptors (Lipinski definition) is 1. The fraction of sp³-hybridized carbons (Fsp3) is 0.667. The minimum Gasteiger partial charge on any atom is -0.303 e. The van der Waals surface area contributed by atoms with E-state index in [1.807, 2.05) is 0 Å². The molecule has 0 aliphatic heterocycles. The van der Waals surface area contributed by atoms with Gasteiger partial charge in [0.2, 0.25) is 0 Å². The van der Waals surface area contributed by atoms with Crippen LogP contribution in [0.5, 0.6) is 0 Å². The summed E-state index contributed by atoms with van der Waals surface area (Å²) in [5.74, 6) is 0. The SMILES string of the molecule is CCC/C=C(\C)CCC=O. The summed E-state index contributed by atoms with van der Waals surface area (Å²) in [7, 11) is 0. The van der Waals surface area contributed by atoms with Crippen LogP contribution in [0.15, 0.2) is 11.6 Å². The van der Waals surface area contributed by atoms with Crippen LogP contribution in [-0.4, -0.2) is 6.29 Å². The van der Waals surface area contributed by atoms with Gasteiger partial charge in [-0.15, -0.1) is 0 Å². The molecule has 1 nitrogen and oxygen atoms in total. The van der Waals surface area contributed by atoms with Crippen LogP contribution in [0.1, 0.15) is 39.5 Å². The lowest BCUT2D eigenvalue weighted by Crippen LogP contribution is -1.79. The predicted octanol–water partition coefficient (Wildman–Crippen LogP) is 2.71. The Hall–Kier alpha value is -0.590. The van der Waals surface area contributed by atoms with Gasteiger partial charge < -0.3 is 4.79 Å². The lowest BCUT2D eigenvalue weighted by atomic mass is 10.1. The molecule has 0 aromatic rings. The lowest BCUT2D eigenvalue weighted by molar-refractivity contribution is -0.107. The molecule has 0 saturated heterocycles. The fourth-order valence-electron chi connectivity index (χ4n) is 0.779. The van der Waals surface area contributed by atoms with Crippen molar-refractivity contribution in [2.75, 3.05) is 0 Å². The van der Waals surface area contributed by atoms with E-state index < -0.39 is 0 Å². The summed E-state index contributed by atoms with van der Waals surface area (Å²) in [5, 5.41) is 0. The Morgan fingerprint density at radius 3 is 2.60 bits per heavy atom. The van der Waals surface area contributed by atoms with Crippen molar-refractivity contribution in [3.05, 3.63) is 11.6 Å². The third kappa shape index (κ3) is 5.54. The number of rotatable bonds is 5. The minimum atomic E-state index is 0.673. The second-order valence-corrected chi connectivity index (χ2v) is 2.54. The highest BCUT2D eigenvalue weighted by atomic mass is 16.1. The zero-order chi connectivity index (χ0) is 7.82. The van der Waals surface area contributed by atoms with E-state index in [0.29, 0.717) is 6.42 Å². The second-order valence-electron chi connectivity index (χ2n) is 2.54. The molecular weight excluding hydrogens is 124 g/mol. The third-order valence-corrected chi connectivity index (χ3v) is 1.44. The molecule has 0 heterocycles. The standard InChI is InChI=1S/C9H16O/c1-3-4-6-9(2)7-5-8-10/h6,8H,3-5,7H2,1-2H3/b9-6+. The van der Waals surface area contributed by atoms with Gasteiger partial charge in [0, 0.05) is 6.42 Å². The van der Waals surface area contributed by atoms with Crippen molar-refractivity contribution in [3.63, 3.8) is 0 Å². The zero-order valence-corrected chi connectivity index (χ0v) is 6.89. The molecule has 0 bridgehead atoms. The Balaban J connectivity index is 3.38. The monoisotopic (exact) mass is 140 g/mol. The van der Waals surface area contributed by atoms with Crippen molar-refractivity contribution in [2.24, 2.45) is 0 Å². The van der Waals surface area contributed by atoms with Gasteiger partial charge in [-0.05, 0) is 19.8 Å². The van der Waals surface area contributed by atoms with Gasteiger partial charge in [-0.25, -0.2) is 0 Å². The number of carbonyl (C=O) groups is 1. The van der Waals surface area contributed by atoms with Gasteiger partial charge in [-0.2, -0.15) is 0 Å². The van der Waals surface area contributed by atoms with Crippen molar-refractivity contribution < 1.29 is 4.79 Å². The molecular formula is C9H16O. The summed E-state index contributed by atoms with van der Waals surface area (Å²) in [6.07, 6.45) is 7.13. The maximum Gasteiger partial charge on any atom is 0.120 e. The van der Waals surface area contributed by atoms with Gasteiger partial charge in [-0.1, -0.05) is 25.0 Å². The number of carbonyl (C=O) groups excluding carboxylic acids is 1. The summed E-state index contributed by atoms with van der Waals surface area (Å²) < 4.78 is 0. The van der Waals surface area contributed by atoms with Gasteiger partial charge >= 0.3 is 0 Å². The average Bonchev–Trinajstić information content (AvgIpc) is 1.97. The van der Waals surface area contributed by atoms with Gasteiger partial charge in [0.15, 0.2) is 0 Å². The van der Waals surface area contributed by atoms with Gasteiger partial charge in [0.25, 0.3) is 0 Å². The Morgan fingerprint density at radius 2 is 2.10 bits per heavy atom. The minimum absolute atomic E-state index is 0.673. The molecule has 0 fully saturated rings. The largest absolute Gasteiger partial charge is 0.303 e. The van der Waals surface area contributed by atoms with Crippen molar-refractivity contribution in [2.45, 2.75) is 39.5 Å². The second kappa shape index (κ2) is 6.53. The molecule has 10 heavy (non-hydrogen) atoms. The van der Waals surface area contributed by atoms with Crippen molar-refractivity contribution in [3.8, 4) is 0 Å². The molecule has 1 heteroatoms. The Kier molecular flexibility index (Phi) is 6.14. The van der Waals surface area contributed by atoms with E-state index in [-0.39, 0.29) is 0 Å². The zero-order valence-electron chi connectivity index (χ0n) is 6.89. The first-order valence-corrected chi connectivity index (χ1v) is 3.90. The van der Waals surface area contributed by atoms with E-state index >= 15 is 0 Å². The first kappa shape index (κ1) is 9.41. The summed E-state index contributed by atoms with van der Waals surface area (Å²) in [4.78, 5) is 9.96. The summed E-state index contributed by atoms with van der Waals surface area (Å²) in [6, 6.07) is 0. The van der Waals surface area contributed by atoms with E-state index in [1.54, 1.807) is 0 Å². The lowest BCUT2D eigenvalue weighted by Gasteiger charge is -1.94. The van der Waals surface area contributed by atoms with Crippen LogP contribution >= 0.6 is 0 Å². The molecule has 0 radical (unpaired) electrons. The normalized spacial score (nSPS) is 11.6. The van der Waals surface area contributed by atoms with Crippen LogP contribution in [0.4, 0.5) is 0 Å². The molecule has 0 N–H and O–H groups in total. The van der Waals surface area contributed by atoms with Crippen molar-refractivity contribution >= 4 is 6.29 Å². The van der Waals surface area contributed by atoms with Crippen molar-refractivity contribution in [1.82, 2.24) is 0 Å². The molecule has 58 valence electrons. The number of allylic oxidation sites excluding steroid dienone is 2. The molecule has 0 unspecified atom stereocenters. The Bertz CT molecular complexity index is 114. The molecule has 0 rings (SSSR count). The highest BCUT2D eigenvalue weighted by Gasteiger charge is 1.87. The molecule has 0 aromatic carbocycles. The van der Waals surface area contributed by atoms with E-state index in [1.165, 1.54) is 12.0 Å². The van der Waals surface area contributed by atoms with E-state index in [4.69, 9.17) is 0 Å². The molecule has 0 atom stereocenters. The van der Waals surface area contributed by atoms with Crippen molar-refractivity contribution in [1.29, 1.82) is 0 Å². The molecule has 0 aromatic heterocycles. The number of unbranched alkanes of at least 4 members (excludes halogenated alkanes) is 1. The Morgan fingerprint density at radius 1 is 1.40 bits per heavy atom. The van der Waals surface area contributed by atoms with Gasteiger partial charge in [-0.3, -0.25) is 0 Å². The molecule has 0 aliphatic rings. The molecule has 0 saturated carbocycles. The van der Waals surface area contributed by atoms with E-state index in [9.17, 15) is 4.79 Å². The smallest absolute Gasteiger partial charge is 0.120 e. The van der Waals surface area contributed by atoms with Crippen LogP contribution in [0.2, 0.25) is 0 Å². The maximum atomic E-state index is 9.96. The summed E-state index contributed by atoms with van der Waals surface area (Å²) >= 11 is 0. The average molecular weight is 140 g/mol. The summed E-state index contributed by atoms with van der Waals surface area (Å²) in [5.41, 5.74) is 1.34. The maximum absolute atomic E-state index is 9.96. The molecule has 0 aliphatic carbocycles. The highest BCUT2D eigenvalue weighted by Crippen LogP contribution is 2.04. The first-order valence-electron chi connectivity index (χ1n) is 3.90. The van der Waals surface area contributed by atoms with Crippen LogP contribution in [0, 0.1) is 0 Å². The quantitative estimate of drug-likeness (QED) is 0.424. The molecule has 0 amide bonds. The summed E-state index contributed by atoms with van der Waals surface area (Å²) in [6.45, 7) is 4.24. The number of hydrogen-bond donors (Lipinski definition) is 0.